The Balaban J connectivity index is 2.70. The third-order valence-corrected chi connectivity index (χ3v) is 2.62. The molecule has 0 saturated carbocycles. The van der Waals surface area contributed by atoms with Crippen LogP contribution in [0, 0.1) is 0 Å². The number of hydrogen-bond acceptors (Lipinski definition) is 2. The second-order valence-electron chi connectivity index (χ2n) is 3.49. The Morgan fingerprint density at radius 1 is 1.15 bits per heavy atom. The number of ether oxygens (including phenoxy) is 2. The van der Waals surface area contributed by atoms with Crippen LogP contribution in [0.5, 0.6) is 0 Å². The van der Waals surface area contributed by atoms with Gasteiger partial charge in [-0.15, -0.1) is 0 Å². The van der Waals surface area contributed by atoms with Crippen LogP contribution >= 0.6 is 0 Å². The van der Waals surface area contributed by atoms with Crippen molar-refractivity contribution in [3.8, 4) is 0 Å². The Morgan fingerprint density at radius 2 is 1.77 bits per heavy atom. The molecule has 0 amide bonds. The molecule has 1 aliphatic heterocycles. The average molecular weight is 184 g/mol. The number of hydrogen-bond donors (Lipinski definition) is 0. The normalized spacial score (nSPS) is 26.9. The molecule has 2 nitrogen and oxygen atoms in total. The van der Waals surface area contributed by atoms with Crippen LogP contribution in [-0.2, 0) is 9.47 Å². The van der Waals surface area contributed by atoms with Gasteiger partial charge >= 0.3 is 0 Å². The van der Waals surface area contributed by atoms with E-state index in [1.165, 1.54) is 5.57 Å². The summed E-state index contributed by atoms with van der Waals surface area (Å²) in [4.78, 5) is 0. The van der Waals surface area contributed by atoms with E-state index in [0.717, 1.165) is 25.2 Å². The monoisotopic (exact) mass is 184 g/mol. The van der Waals surface area contributed by atoms with Gasteiger partial charge in [0.05, 0.1) is 0 Å². The lowest BCUT2D eigenvalue weighted by molar-refractivity contribution is 0.133. The fourth-order valence-electron chi connectivity index (χ4n) is 1.63. The zero-order valence-corrected chi connectivity index (χ0v) is 9.09. The second kappa shape index (κ2) is 4.54. The molecule has 1 aliphatic rings. The third-order valence-electron chi connectivity index (χ3n) is 2.62. The van der Waals surface area contributed by atoms with E-state index in [4.69, 9.17) is 9.47 Å². The minimum Gasteiger partial charge on any atom is -0.458 e. The molecule has 0 aromatic heterocycles. The molecule has 0 aliphatic carbocycles. The lowest BCUT2D eigenvalue weighted by Crippen LogP contribution is -2.17. The standard InChI is InChI=1S/C11H20O2/c1-5-9(6-2)11-12-8(4)10(7-3)13-11/h8,10H,5-7H2,1-4H3. The zero-order valence-electron chi connectivity index (χ0n) is 9.09. The van der Waals surface area contributed by atoms with Gasteiger partial charge in [0.25, 0.3) is 5.95 Å². The van der Waals surface area contributed by atoms with Crippen molar-refractivity contribution in [3.05, 3.63) is 11.5 Å². The first kappa shape index (κ1) is 10.4. The van der Waals surface area contributed by atoms with Gasteiger partial charge in [-0.05, 0) is 26.2 Å². The van der Waals surface area contributed by atoms with Gasteiger partial charge in [0, 0.05) is 5.57 Å². The number of allylic oxidation sites excluding steroid dienone is 1. The third kappa shape index (κ3) is 2.17. The highest BCUT2D eigenvalue weighted by Gasteiger charge is 2.29. The van der Waals surface area contributed by atoms with Crippen molar-refractivity contribution in [2.24, 2.45) is 0 Å². The lowest BCUT2D eigenvalue weighted by Gasteiger charge is -2.07. The average Bonchev–Trinajstić information content (AvgIpc) is 2.49. The fraction of sp³-hybridized carbons (Fsp3) is 0.818. The van der Waals surface area contributed by atoms with Crippen LogP contribution in [0.1, 0.15) is 47.0 Å². The SMILES string of the molecule is CCC(CC)=C1OC(C)C(CC)O1. The smallest absolute Gasteiger partial charge is 0.279 e. The van der Waals surface area contributed by atoms with Crippen LogP contribution in [-0.4, -0.2) is 12.2 Å². The molecule has 2 unspecified atom stereocenters. The summed E-state index contributed by atoms with van der Waals surface area (Å²) in [5.41, 5.74) is 1.29. The summed E-state index contributed by atoms with van der Waals surface area (Å²) >= 11 is 0. The molecule has 76 valence electrons. The minimum absolute atomic E-state index is 0.216. The molecule has 2 heteroatoms. The Kier molecular flexibility index (Phi) is 3.64. The summed E-state index contributed by atoms with van der Waals surface area (Å²) in [6.07, 6.45) is 3.53. The molecule has 2 atom stereocenters. The molecule has 0 aromatic carbocycles. The van der Waals surface area contributed by atoms with Crippen molar-refractivity contribution in [3.63, 3.8) is 0 Å². The topological polar surface area (TPSA) is 18.5 Å². The first-order valence-corrected chi connectivity index (χ1v) is 5.28. The Morgan fingerprint density at radius 3 is 2.15 bits per heavy atom. The van der Waals surface area contributed by atoms with Gasteiger partial charge in [-0.3, -0.25) is 0 Å². The van der Waals surface area contributed by atoms with Crippen LogP contribution in [0.4, 0.5) is 0 Å². The molecule has 1 fully saturated rings. The van der Waals surface area contributed by atoms with Crippen LogP contribution in [0.25, 0.3) is 0 Å². The molecule has 1 heterocycles. The van der Waals surface area contributed by atoms with Crippen molar-refractivity contribution in [1.29, 1.82) is 0 Å². The maximum atomic E-state index is 5.72. The quantitative estimate of drug-likeness (QED) is 0.670. The van der Waals surface area contributed by atoms with Gasteiger partial charge in [0.1, 0.15) is 12.2 Å². The maximum absolute atomic E-state index is 5.72. The van der Waals surface area contributed by atoms with Crippen molar-refractivity contribution in [2.45, 2.75) is 59.2 Å². The van der Waals surface area contributed by atoms with Gasteiger partial charge in [-0.2, -0.15) is 0 Å². The summed E-state index contributed by atoms with van der Waals surface area (Å²) < 4.78 is 11.4. The Hall–Kier alpha value is -0.660. The largest absolute Gasteiger partial charge is 0.458 e. The van der Waals surface area contributed by atoms with Crippen molar-refractivity contribution < 1.29 is 9.47 Å². The fourth-order valence-corrected chi connectivity index (χ4v) is 1.63. The predicted molar refractivity (Wildman–Crippen MR) is 53.3 cm³/mol. The van der Waals surface area contributed by atoms with E-state index in [9.17, 15) is 0 Å². The van der Waals surface area contributed by atoms with Crippen LogP contribution in [0.2, 0.25) is 0 Å². The minimum atomic E-state index is 0.216. The predicted octanol–water partition coefficient (Wildman–Crippen LogP) is 3.23. The van der Waals surface area contributed by atoms with Gasteiger partial charge in [0.2, 0.25) is 0 Å². The van der Waals surface area contributed by atoms with E-state index in [1.807, 2.05) is 0 Å². The van der Waals surface area contributed by atoms with Gasteiger partial charge < -0.3 is 9.47 Å². The van der Waals surface area contributed by atoms with Crippen molar-refractivity contribution in [1.82, 2.24) is 0 Å². The summed E-state index contributed by atoms with van der Waals surface area (Å²) in [5.74, 6) is 0.796. The van der Waals surface area contributed by atoms with Gasteiger partial charge in [-0.1, -0.05) is 20.8 Å². The van der Waals surface area contributed by atoms with E-state index >= 15 is 0 Å². The first-order chi connectivity index (χ1) is 6.22. The van der Waals surface area contributed by atoms with E-state index in [0.29, 0.717) is 0 Å². The van der Waals surface area contributed by atoms with Crippen LogP contribution in [0.3, 0.4) is 0 Å². The summed E-state index contributed by atoms with van der Waals surface area (Å²) in [6, 6.07) is 0. The number of rotatable bonds is 3. The highest BCUT2D eigenvalue weighted by molar-refractivity contribution is 5.05. The highest BCUT2D eigenvalue weighted by Crippen LogP contribution is 2.28. The van der Waals surface area contributed by atoms with E-state index in [1.54, 1.807) is 0 Å². The first-order valence-electron chi connectivity index (χ1n) is 5.28. The van der Waals surface area contributed by atoms with Gasteiger partial charge in [0.15, 0.2) is 0 Å². The van der Waals surface area contributed by atoms with Crippen LogP contribution in [0.15, 0.2) is 11.5 Å². The Bertz CT molecular complexity index is 190. The molecule has 0 bridgehead atoms. The summed E-state index contributed by atoms with van der Waals surface area (Å²) in [7, 11) is 0. The second-order valence-corrected chi connectivity index (χ2v) is 3.49. The molecule has 13 heavy (non-hydrogen) atoms. The van der Waals surface area contributed by atoms with Crippen LogP contribution < -0.4 is 0 Å². The molecule has 0 N–H and O–H groups in total. The molecule has 1 saturated heterocycles. The maximum Gasteiger partial charge on any atom is 0.279 e. The van der Waals surface area contributed by atoms with Crippen molar-refractivity contribution in [2.75, 3.05) is 0 Å². The Labute approximate surface area is 80.9 Å². The molecule has 0 radical (unpaired) electrons. The van der Waals surface area contributed by atoms with E-state index in [-0.39, 0.29) is 12.2 Å². The zero-order chi connectivity index (χ0) is 9.84. The summed E-state index contributed by atoms with van der Waals surface area (Å²) in [5, 5.41) is 0. The van der Waals surface area contributed by atoms with E-state index < -0.39 is 0 Å². The molecule has 1 rings (SSSR count). The highest BCUT2D eigenvalue weighted by atomic mass is 16.7. The molecular formula is C11H20O2. The van der Waals surface area contributed by atoms with E-state index in [2.05, 4.69) is 27.7 Å². The molecule has 0 aromatic rings. The molecular weight excluding hydrogens is 164 g/mol. The molecule has 0 spiro atoms. The lowest BCUT2D eigenvalue weighted by atomic mass is 10.2. The van der Waals surface area contributed by atoms with Gasteiger partial charge in [-0.25, -0.2) is 0 Å². The summed E-state index contributed by atoms with van der Waals surface area (Å²) in [6.45, 7) is 8.49. The van der Waals surface area contributed by atoms with Crippen molar-refractivity contribution >= 4 is 0 Å².